The van der Waals surface area contributed by atoms with Gasteiger partial charge in [-0.2, -0.15) is 5.10 Å². The molecule has 0 aliphatic rings. The second-order valence-electron chi connectivity index (χ2n) is 2.76. The van der Waals surface area contributed by atoms with Crippen LogP contribution < -0.4 is 0 Å². The van der Waals surface area contributed by atoms with E-state index in [1.54, 1.807) is 6.07 Å². The molecule has 1 aromatic carbocycles. The summed E-state index contributed by atoms with van der Waals surface area (Å²) in [5.74, 6) is -1.10. The van der Waals surface area contributed by atoms with Crippen LogP contribution in [0.5, 0.6) is 0 Å². The number of halogens is 2. The minimum atomic E-state index is -0.598. The molecule has 0 fully saturated rings. The van der Waals surface area contributed by atoms with Crippen LogP contribution in [0.2, 0.25) is 0 Å². The molecule has 0 radical (unpaired) electrons. The Hall–Kier alpha value is -1.56. The van der Waals surface area contributed by atoms with E-state index in [0.717, 1.165) is 0 Å². The first-order chi connectivity index (χ1) is 7.20. The van der Waals surface area contributed by atoms with Gasteiger partial charge in [0.2, 0.25) is 5.78 Å². The van der Waals surface area contributed by atoms with Crippen molar-refractivity contribution in [3.8, 4) is 0 Å². The monoisotopic (exact) mass is 269 g/mol. The lowest BCUT2D eigenvalue weighted by Gasteiger charge is -2.00. The van der Waals surface area contributed by atoms with Gasteiger partial charge in [-0.3, -0.25) is 9.89 Å². The summed E-state index contributed by atoms with van der Waals surface area (Å²) in [6, 6.07) is 4.49. The third kappa shape index (κ3) is 1.80. The van der Waals surface area contributed by atoms with Gasteiger partial charge in [0, 0.05) is 0 Å². The SMILES string of the molecule is O=C(c1ncn[nH]1)c1cccc(Br)c1F. The normalized spacial score (nSPS) is 10.3. The number of aromatic nitrogens is 3. The molecular formula is C9H5BrFN3O. The quantitative estimate of drug-likeness (QED) is 0.848. The fraction of sp³-hybridized carbons (Fsp3) is 0. The molecule has 0 amide bonds. The van der Waals surface area contributed by atoms with E-state index < -0.39 is 11.6 Å². The molecule has 1 N–H and O–H groups in total. The van der Waals surface area contributed by atoms with Crippen molar-refractivity contribution in [1.82, 2.24) is 15.2 Å². The summed E-state index contributed by atoms with van der Waals surface area (Å²) < 4.78 is 13.8. The summed E-state index contributed by atoms with van der Waals surface area (Å²) in [4.78, 5) is 15.4. The van der Waals surface area contributed by atoms with Gasteiger partial charge in [0.15, 0.2) is 5.82 Å². The molecule has 15 heavy (non-hydrogen) atoms. The zero-order valence-corrected chi connectivity index (χ0v) is 8.95. The molecule has 0 aliphatic heterocycles. The van der Waals surface area contributed by atoms with Crippen LogP contribution in [0.25, 0.3) is 0 Å². The van der Waals surface area contributed by atoms with Crippen molar-refractivity contribution >= 4 is 21.7 Å². The Bertz CT molecular complexity index is 498. The number of ketones is 1. The summed E-state index contributed by atoms with van der Waals surface area (Å²) >= 11 is 3.00. The zero-order valence-electron chi connectivity index (χ0n) is 7.37. The first kappa shape index (κ1) is 9.97. The van der Waals surface area contributed by atoms with Gasteiger partial charge in [0.25, 0.3) is 0 Å². The van der Waals surface area contributed by atoms with Crippen LogP contribution in [-0.2, 0) is 0 Å². The van der Waals surface area contributed by atoms with Gasteiger partial charge in [-0.15, -0.1) is 0 Å². The zero-order chi connectivity index (χ0) is 10.8. The minimum Gasteiger partial charge on any atom is -0.285 e. The topological polar surface area (TPSA) is 58.6 Å². The van der Waals surface area contributed by atoms with Crippen LogP contribution in [0.3, 0.4) is 0 Å². The molecule has 1 heterocycles. The van der Waals surface area contributed by atoms with Gasteiger partial charge >= 0.3 is 0 Å². The van der Waals surface area contributed by atoms with Crippen molar-refractivity contribution in [2.75, 3.05) is 0 Å². The molecule has 2 aromatic rings. The number of carbonyl (C=O) groups excluding carboxylic acids is 1. The Morgan fingerprint density at radius 1 is 1.47 bits per heavy atom. The predicted octanol–water partition coefficient (Wildman–Crippen LogP) is 1.94. The van der Waals surface area contributed by atoms with Crippen LogP contribution in [0, 0.1) is 5.82 Å². The molecule has 76 valence electrons. The average molecular weight is 270 g/mol. The number of hydrogen-bond donors (Lipinski definition) is 1. The lowest BCUT2D eigenvalue weighted by atomic mass is 10.1. The van der Waals surface area contributed by atoms with Crippen LogP contribution in [0.15, 0.2) is 29.0 Å². The molecular weight excluding hydrogens is 265 g/mol. The molecule has 1 aromatic heterocycles. The third-order valence-electron chi connectivity index (χ3n) is 1.83. The number of carbonyl (C=O) groups is 1. The Balaban J connectivity index is 2.47. The molecule has 0 unspecified atom stereocenters. The number of benzene rings is 1. The lowest BCUT2D eigenvalue weighted by molar-refractivity contribution is 0.102. The number of rotatable bonds is 2. The van der Waals surface area contributed by atoms with Crippen molar-refractivity contribution in [3.05, 3.63) is 46.2 Å². The average Bonchev–Trinajstić information content (AvgIpc) is 2.74. The first-order valence-electron chi connectivity index (χ1n) is 4.04. The predicted molar refractivity (Wildman–Crippen MR) is 53.9 cm³/mol. The van der Waals surface area contributed by atoms with Gasteiger partial charge in [-0.25, -0.2) is 9.37 Å². The molecule has 0 atom stereocenters. The highest BCUT2D eigenvalue weighted by Crippen LogP contribution is 2.19. The molecule has 0 aliphatic carbocycles. The summed E-state index contributed by atoms with van der Waals surface area (Å²) in [5.41, 5.74) is -0.0406. The number of hydrogen-bond acceptors (Lipinski definition) is 3. The third-order valence-corrected chi connectivity index (χ3v) is 2.44. The highest BCUT2D eigenvalue weighted by Gasteiger charge is 2.17. The summed E-state index contributed by atoms with van der Waals surface area (Å²) in [6.07, 6.45) is 1.20. The van der Waals surface area contributed by atoms with Crippen molar-refractivity contribution in [2.45, 2.75) is 0 Å². The standard InChI is InChI=1S/C9H5BrFN3O/c10-6-3-1-2-5(7(6)11)8(15)9-12-4-13-14-9/h1-4H,(H,12,13,14). The highest BCUT2D eigenvalue weighted by atomic mass is 79.9. The molecule has 2 rings (SSSR count). The van der Waals surface area contributed by atoms with E-state index in [4.69, 9.17) is 0 Å². The number of H-pyrrole nitrogens is 1. The first-order valence-corrected chi connectivity index (χ1v) is 4.83. The Kier molecular flexibility index (Phi) is 2.59. The van der Waals surface area contributed by atoms with Crippen LogP contribution >= 0.6 is 15.9 Å². The van der Waals surface area contributed by atoms with Gasteiger partial charge in [-0.1, -0.05) is 6.07 Å². The smallest absolute Gasteiger partial charge is 0.232 e. The van der Waals surface area contributed by atoms with E-state index >= 15 is 0 Å². The van der Waals surface area contributed by atoms with E-state index in [2.05, 4.69) is 31.1 Å². The largest absolute Gasteiger partial charge is 0.285 e. The van der Waals surface area contributed by atoms with E-state index in [0.29, 0.717) is 0 Å². The molecule has 0 saturated carbocycles. The number of nitrogens with one attached hydrogen (secondary N) is 1. The lowest BCUT2D eigenvalue weighted by Crippen LogP contribution is -2.06. The molecule has 0 spiro atoms. The maximum atomic E-state index is 13.5. The summed E-state index contributed by atoms with van der Waals surface area (Å²) in [6.45, 7) is 0. The Labute approximate surface area is 92.7 Å². The molecule has 0 saturated heterocycles. The van der Waals surface area contributed by atoms with Crippen LogP contribution in [0.4, 0.5) is 4.39 Å². The van der Waals surface area contributed by atoms with E-state index in [1.165, 1.54) is 18.5 Å². The summed E-state index contributed by atoms with van der Waals surface area (Å²) in [5, 5.41) is 5.92. The second kappa shape index (κ2) is 3.90. The van der Waals surface area contributed by atoms with Gasteiger partial charge in [0.1, 0.15) is 12.1 Å². The Morgan fingerprint density at radius 2 is 2.27 bits per heavy atom. The van der Waals surface area contributed by atoms with Crippen molar-refractivity contribution in [1.29, 1.82) is 0 Å². The maximum absolute atomic E-state index is 13.5. The van der Waals surface area contributed by atoms with E-state index in [9.17, 15) is 9.18 Å². The fourth-order valence-corrected chi connectivity index (χ4v) is 1.49. The highest BCUT2D eigenvalue weighted by molar-refractivity contribution is 9.10. The molecule has 4 nitrogen and oxygen atoms in total. The second-order valence-corrected chi connectivity index (χ2v) is 3.62. The maximum Gasteiger partial charge on any atom is 0.232 e. The Morgan fingerprint density at radius 3 is 2.93 bits per heavy atom. The fourth-order valence-electron chi connectivity index (χ4n) is 1.12. The van der Waals surface area contributed by atoms with Crippen LogP contribution in [-0.4, -0.2) is 21.0 Å². The van der Waals surface area contributed by atoms with E-state index in [1.807, 2.05) is 0 Å². The number of nitrogens with zero attached hydrogens (tertiary/aromatic N) is 2. The van der Waals surface area contributed by atoms with Gasteiger partial charge < -0.3 is 0 Å². The van der Waals surface area contributed by atoms with Gasteiger partial charge in [0.05, 0.1) is 10.0 Å². The molecule has 6 heteroatoms. The van der Waals surface area contributed by atoms with Crippen molar-refractivity contribution < 1.29 is 9.18 Å². The minimum absolute atomic E-state index is 0.0204. The summed E-state index contributed by atoms with van der Waals surface area (Å²) in [7, 11) is 0. The number of aromatic amines is 1. The van der Waals surface area contributed by atoms with Crippen LogP contribution in [0.1, 0.15) is 16.2 Å². The van der Waals surface area contributed by atoms with Crippen molar-refractivity contribution in [3.63, 3.8) is 0 Å². The van der Waals surface area contributed by atoms with E-state index in [-0.39, 0.29) is 15.9 Å². The molecule has 0 bridgehead atoms. The van der Waals surface area contributed by atoms with Gasteiger partial charge in [-0.05, 0) is 28.1 Å². The van der Waals surface area contributed by atoms with Crippen molar-refractivity contribution in [2.24, 2.45) is 0 Å².